The lowest BCUT2D eigenvalue weighted by molar-refractivity contribution is 0.126. The van der Waals surface area contributed by atoms with Gasteiger partial charge in [-0.1, -0.05) is 41.1 Å². The second kappa shape index (κ2) is 6.13. The molecule has 15 heavy (non-hydrogen) atoms. The zero-order chi connectivity index (χ0) is 11.3. The molecule has 1 N–H and O–H groups in total. The number of alkyl halides is 1. The molecule has 2 nitrogen and oxygen atoms in total. The summed E-state index contributed by atoms with van der Waals surface area (Å²) in [6, 6.07) is 6.11. The molecule has 0 aliphatic rings. The number of benzene rings is 1. The number of para-hydroxylation sites is 1. The topological polar surface area (TPSA) is 29.5 Å². The van der Waals surface area contributed by atoms with Gasteiger partial charge in [0, 0.05) is 5.33 Å². The second-order valence-corrected chi connectivity index (χ2v) is 4.18. The summed E-state index contributed by atoms with van der Waals surface area (Å²) in [5.41, 5.74) is 2.31. The van der Waals surface area contributed by atoms with E-state index in [1.807, 2.05) is 19.1 Å². The largest absolute Gasteiger partial charge is 0.490 e. The van der Waals surface area contributed by atoms with E-state index in [1.165, 1.54) is 5.56 Å². The van der Waals surface area contributed by atoms with Gasteiger partial charge in [0.15, 0.2) is 0 Å². The Labute approximate surface area is 99.4 Å². The van der Waals surface area contributed by atoms with Crippen LogP contribution in [0.4, 0.5) is 0 Å². The van der Waals surface area contributed by atoms with Crippen molar-refractivity contribution in [1.29, 1.82) is 0 Å². The van der Waals surface area contributed by atoms with Crippen LogP contribution in [0.3, 0.4) is 0 Å². The molecule has 1 unspecified atom stereocenters. The number of ether oxygens (including phenoxy) is 1. The molecule has 1 aromatic rings. The molecular formula is C12H17BrO2. The molecule has 0 saturated heterocycles. The first-order valence-electron chi connectivity index (χ1n) is 5.14. The van der Waals surface area contributed by atoms with E-state index >= 15 is 0 Å². The average molecular weight is 273 g/mol. The number of aliphatic hydroxyl groups is 1. The van der Waals surface area contributed by atoms with Gasteiger partial charge in [0.2, 0.25) is 0 Å². The third-order valence-corrected chi connectivity index (χ3v) is 3.02. The molecule has 0 saturated carbocycles. The van der Waals surface area contributed by atoms with Crippen molar-refractivity contribution in [3.05, 3.63) is 29.3 Å². The number of aliphatic hydroxyl groups excluding tert-OH is 1. The number of rotatable bonds is 5. The van der Waals surface area contributed by atoms with Crippen molar-refractivity contribution < 1.29 is 9.84 Å². The van der Waals surface area contributed by atoms with Crippen LogP contribution in [0.1, 0.15) is 18.1 Å². The van der Waals surface area contributed by atoms with Crippen LogP contribution in [-0.4, -0.2) is 23.1 Å². The Kier molecular flexibility index (Phi) is 5.12. The van der Waals surface area contributed by atoms with Gasteiger partial charge in [-0.2, -0.15) is 0 Å². The van der Waals surface area contributed by atoms with Gasteiger partial charge in [-0.3, -0.25) is 0 Å². The average Bonchev–Trinajstić information content (AvgIpc) is 2.26. The maximum Gasteiger partial charge on any atom is 0.125 e. The standard InChI is InChI=1S/C12H17BrO2/c1-3-10-6-4-5-9(2)12(10)15-8-11(14)7-13/h4-6,11,14H,3,7-8H2,1-2H3. The normalized spacial score (nSPS) is 12.5. The Morgan fingerprint density at radius 2 is 2.20 bits per heavy atom. The summed E-state index contributed by atoms with van der Waals surface area (Å²) in [6.07, 6.45) is 0.496. The number of hydrogen-bond donors (Lipinski definition) is 1. The van der Waals surface area contributed by atoms with E-state index < -0.39 is 6.10 Å². The first kappa shape index (κ1) is 12.5. The molecule has 1 aromatic carbocycles. The lowest BCUT2D eigenvalue weighted by Gasteiger charge is -2.15. The fourth-order valence-electron chi connectivity index (χ4n) is 1.42. The quantitative estimate of drug-likeness (QED) is 0.836. The molecule has 3 heteroatoms. The van der Waals surface area contributed by atoms with Gasteiger partial charge < -0.3 is 9.84 Å². The summed E-state index contributed by atoms with van der Waals surface area (Å²) in [6.45, 7) is 4.46. The van der Waals surface area contributed by atoms with E-state index in [1.54, 1.807) is 0 Å². The molecule has 0 spiro atoms. The van der Waals surface area contributed by atoms with E-state index in [0.29, 0.717) is 11.9 Å². The predicted octanol–water partition coefficient (Wildman–Crippen LogP) is 2.69. The first-order chi connectivity index (χ1) is 7.19. The highest BCUT2D eigenvalue weighted by Gasteiger charge is 2.08. The maximum atomic E-state index is 9.40. The van der Waals surface area contributed by atoms with Gasteiger partial charge in [0.05, 0.1) is 6.10 Å². The van der Waals surface area contributed by atoms with Gasteiger partial charge in [-0.05, 0) is 24.5 Å². The van der Waals surface area contributed by atoms with Gasteiger partial charge in [-0.25, -0.2) is 0 Å². The highest BCUT2D eigenvalue weighted by molar-refractivity contribution is 9.09. The summed E-state index contributed by atoms with van der Waals surface area (Å²) >= 11 is 3.21. The molecule has 0 amide bonds. The van der Waals surface area contributed by atoms with Crippen LogP contribution < -0.4 is 4.74 Å². The fourth-order valence-corrected chi connectivity index (χ4v) is 1.61. The Balaban J connectivity index is 2.74. The molecule has 1 atom stereocenters. The van der Waals surface area contributed by atoms with Crippen LogP contribution in [0.5, 0.6) is 5.75 Å². The Morgan fingerprint density at radius 1 is 1.47 bits per heavy atom. The van der Waals surface area contributed by atoms with Crippen LogP contribution in [0.25, 0.3) is 0 Å². The lowest BCUT2D eigenvalue weighted by atomic mass is 10.1. The van der Waals surface area contributed by atoms with E-state index in [-0.39, 0.29) is 0 Å². The molecular weight excluding hydrogens is 256 g/mol. The van der Waals surface area contributed by atoms with Crippen molar-refractivity contribution in [3.63, 3.8) is 0 Å². The van der Waals surface area contributed by atoms with Crippen molar-refractivity contribution in [1.82, 2.24) is 0 Å². The van der Waals surface area contributed by atoms with E-state index in [9.17, 15) is 5.11 Å². The van der Waals surface area contributed by atoms with E-state index in [2.05, 4.69) is 28.9 Å². The number of halogens is 1. The van der Waals surface area contributed by atoms with Crippen LogP contribution in [0.2, 0.25) is 0 Å². The number of aryl methyl sites for hydroxylation is 2. The van der Waals surface area contributed by atoms with Gasteiger partial charge in [-0.15, -0.1) is 0 Å². The Bertz CT molecular complexity index is 312. The summed E-state index contributed by atoms with van der Waals surface area (Å²) in [4.78, 5) is 0. The van der Waals surface area contributed by atoms with Crippen molar-refractivity contribution >= 4 is 15.9 Å². The van der Waals surface area contributed by atoms with Crippen LogP contribution in [-0.2, 0) is 6.42 Å². The van der Waals surface area contributed by atoms with Crippen molar-refractivity contribution in [2.24, 2.45) is 0 Å². The summed E-state index contributed by atoms with van der Waals surface area (Å²) < 4.78 is 5.63. The molecule has 84 valence electrons. The zero-order valence-corrected chi connectivity index (χ0v) is 10.8. The van der Waals surface area contributed by atoms with Gasteiger partial charge in [0.1, 0.15) is 12.4 Å². The van der Waals surface area contributed by atoms with Crippen molar-refractivity contribution in [2.45, 2.75) is 26.4 Å². The van der Waals surface area contributed by atoms with Gasteiger partial charge >= 0.3 is 0 Å². The molecule has 0 fully saturated rings. The Hall–Kier alpha value is -0.540. The lowest BCUT2D eigenvalue weighted by Crippen LogP contribution is -2.19. The summed E-state index contributed by atoms with van der Waals surface area (Å²) in [7, 11) is 0. The van der Waals surface area contributed by atoms with Crippen molar-refractivity contribution in [3.8, 4) is 5.75 Å². The smallest absolute Gasteiger partial charge is 0.125 e. The monoisotopic (exact) mass is 272 g/mol. The molecule has 1 rings (SSSR count). The molecule has 0 aromatic heterocycles. The summed E-state index contributed by atoms with van der Waals surface area (Å²) in [5.74, 6) is 0.917. The minimum atomic E-state index is -0.450. The van der Waals surface area contributed by atoms with E-state index in [0.717, 1.165) is 17.7 Å². The highest BCUT2D eigenvalue weighted by Crippen LogP contribution is 2.23. The minimum Gasteiger partial charge on any atom is -0.490 e. The minimum absolute atomic E-state index is 0.336. The van der Waals surface area contributed by atoms with Crippen LogP contribution in [0.15, 0.2) is 18.2 Å². The van der Waals surface area contributed by atoms with Crippen LogP contribution >= 0.6 is 15.9 Å². The van der Waals surface area contributed by atoms with E-state index in [4.69, 9.17) is 4.74 Å². The molecule has 0 bridgehead atoms. The molecule has 0 aliphatic heterocycles. The first-order valence-corrected chi connectivity index (χ1v) is 6.26. The molecule has 0 aliphatic carbocycles. The highest BCUT2D eigenvalue weighted by atomic mass is 79.9. The zero-order valence-electron chi connectivity index (χ0n) is 9.16. The third-order valence-electron chi connectivity index (χ3n) is 2.27. The SMILES string of the molecule is CCc1cccc(C)c1OCC(O)CBr. The number of hydrogen-bond acceptors (Lipinski definition) is 2. The fraction of sp³-hybridized carbons (Fsp3) is 0.500. The van der Waals surface area contributed by atoms with Crippen LogP contribution in [0, 0.1) is 6.92 Å². The second-order valence-electron chi connectivity index (χ2n) is 3.54. The summed E-state index contributed by atoms with van der Waals surface area (Å²) in [5, 5.41) is 9.94. The van der Waals surface area contributed by atoms with Gasteiger partial charge in [0.25, 0.3) is 0 Å². The Morgan fingerprint density at radius 3 is 2.80 bits per heavy atom. The molecule has 0 heterocycles. The van der Waals surface area contributed by atoms with Crippen molar-refractivity contribution in [2.75, 3.05) is 11.9 Å². The molecule has 0 radical (unpaired) electrons. The third kappa shape index (κ3) is 3.50. The predicted molar refractivity (Wildman–Crippen MR) is 65.9 cm³/mol. The maximum absolute atomic E-state index is 9.40.